The average Bonchev–Trinajstić information content (AvgIpc) is 2.52. The zero-order valence-electron chi connectivity index (χ0n) is 15.9. The number of rotatable bonds is 2. The number of sulfonamides is 1. The van der Waals surface area contributed by atoms with Crippen LogP contribution in [0, 0.1) is 0 Å². The van der Waals surface area contributed by atoms with Gasteiger partial charge in [-0.25, -0.2) is 13.2 Å². The molecule has 0 aromatic heterocycles. The molecule has 1 saturated heterocycles. The SMILES string of the molecule is CC1CN(S(=O)(=O)c2cc(C(F)(F)F)ccc2Br)CCN1C(=O)OC(C)(C)C. The highest BCUT2D eigenvalue weighted by atomic mass is 79.9. The van der Waals surface area contributed by atoms with E-state index in [2.05, 4.69) is 15.9 Å². The molecule has 1 unspecified atom stereocenters. The summed E-state index contributed by atoms with van der Waals surface area (Å²) in [5.74, 6) is 0. The monoisotopic (exact) mass is 486 g/mol. The summed E-state index contributed by atoms with van der Waals surface area (Å²) in [4.78, 5) is 13.2. The molecule has 1 fully saturated rings. The van der Waals surface area contributed by atoms with Gasteiger partial charge in [0.05, 0.1) is 10.5 Å². The molecule has 1 aromatic rings. The van der Waals surface area contributed by atoms with Crippen LogP contribution in [-0.2, 0) is 20.9 Å². The van der Waals surface area contributed by atoms with Crippen LogP contribution in [0.15, 0.2) is 27.6 Å². The Morgan fingerprint density at radius 2 is 1.82 bits per heavy atom. The van der Waals surface area contributed by atoms with Crippen molar-refractivity contribution in [1.82, 2.24) is 9.21 Å². The Bertz CT molecular complexity index is 853. The van der Waals surface area contributed by atoms with Crippen molar-refractivity contribution >= 4 is 32.0 Å². The second-order valence-electron chi connectivity index (χ2n) is 7.53. The molecule has 11 heteroatoms. The fraction of sp³-hybridized carbons (Fsp3) is 0.588. The van der Waals surface area contributed by atoms with Crippen molar-refractivity contribution in [2.45, 2.75) is 50.4 Å². The highest BCUT2D eigenvalue weighted by Gasteiger charge is 2.38. The van der Waals surface area contributed by atoms with Gasteiger partial charge in [-0.3, -0.25) is 0 Å². The molecule has 158 valence electrons. The van der Waals surface area contributed by atoms with Crippen LogP contribution in [0.5, 0.6) is 0 Å². The second-order valence-corrected chi connectivity index (χ2v) is 10.3. The molecule has 0 bridgehead atoms. The molecule has 0 aliphatic carbocycles. The van der Waals surface area contributed by atoms with Gasteiger partial charge >= 0.3 is 12.3 Å². The Hall–Kier alpha value is -1.33. The number of carbonyl (C=O) groups excluding carboxylic acids is 1. The van der Waals surface area contributed by atoms with Crippen molar-refractivity contribution < 1.29 is 31.1 Å². The van der Waals surface area contributed by atoms with Crippen LogP contribution >= 0.6 is 15.9 Å². The average molecular weight is 487 g/mol. The molecule has 2 rings (SSSR count). The molecule has 6 nitrogen and oxygen atoms in total. The van der Waals surface area contributed by atoms with E-state index in [0.29, 0.717) is 6.07 Å². The topological polar surface area (TPSA) is 66.9 Å². The van der Waals surface area contributed by atoms with Gasteiger partial charge in [-0.2, -0.15) is 17.5 Å². The molecule has 0 N–H and O–H groups in total. The lowest BCUT2D eigenvalue weighted by Crippen LogP contribution is -2.56. The molecule has 1 amide bonds. The predicted molar refractivity (Wildman–Crippen MR) is 100 cm³/mol. The minimum atomic E-state index is -4.66. The molecule has 28 heavy (non-hydrogen) atoms. The Balaban J connectivity index is 2.24. The third-order valence-corrected chi connectivity index (χ3v) is 6.95. The Labute approximate surface area is 170 Å². The molecule has 0 radical (unpaired) electrons. The number of ether oxygens (including phenoxy) is 1. The lowest BCUT2D eigenvalue weighted by atomic mass is 10.2. The number of benzene rings is 1. The maximum absolute atomic E-state index is 13.0. The van der Waals surface area contributed by atoms with Crippen molar-refractivity contribution in [1.29, 1.82) is 0 Å². The smallest absolute Gasteiger partial charge is 0.416 e. The summed E-state index contributed by atoms with van der Waals surface area (Å²) >= 11 is 3.03. The minimum Gasteiger partial charge on any atom is -0.444 e. The molecule has 0 spiro atoms. The first-order valence-corrected chi connectivity index (χ1v) is 10.7. The van der Waals surface area contributed by atoms with Crippen molar-refractivity contribution in [3.8, 4) is 0 Å². The first-order chi connectivity index (χ1) is 12.6. The first-order valence-electron chi connectivity index (χ1n) is 8.49. The number of amides is 1. The van der Waals surface area contributed by atoms with Crippen molar-refractivity contribution in [3.05, 3.63) is 28.2 Å². The van der Waals surface area contributed by atoms with Gasteiger partial charge in [0.15, 0.2) is 0 Å². The van der Waals surface area contributed by atoms with E-state index in [-0.39, 0.29) is 24.1 Å². The van der Waals surface area contributed by atoms with Gasteiger partial charge in [0.2, 0.25) is 10.0 Å². The highest BCUT2D eigenvalue weighted by molar-refractivity contribution is 9.10. The standard InChI is InChI=1S/C17H22BrF3N2O4S/c1-11-10-22(7-8-23(11)15(24)27-16(2,3)4)28(25,26)14-9-12(17(19,20)21)5-6-13(14)18/h5-6,9,11H,7-8,10H2,1-4H3. The number of hydrogen-bond donors (Lipinski definition) is 0. The van der Waals surface area contributed by atoms with Crippen LogP contribution in [0.25, 0.3) is 0 Å². The summed E-state index contributed by atoms with van der Waals surface area (Å²) in [6.07, 6.45) is -5.22. The van der Waals surface area contributed by atoms with Crippen molar-refractivity contribution in [3.63, 3.8) is 0 Å². The highest BCUT2D eigenvalue weighted by Crippen LogP contribution is 2.35. The molecule has 1 heterocycles. The van der Waals surface area contributed by atoms with E-state index in [9.17, 15) is 26.4 Å². The Morgan fingerprint density at radius 3 is 2.32 bits per heavy atom. The zero-order valence-corrected chi connectivity index (χ0v) is 18.3. The number of halogens is 4. The van der Waals surface area contributed by atoms with Gasteiger partial charge in [-0.1, -0.05) is 0 Å². The van der Waals surface area contributed by atoms with E-state index in [1.807, 2.05) is 0 Å². The van der Waals surface area contributed by atoms with E-state index in [4.69, 9.17) is 4.74 Å². The van der Waals surface area contributed by atoms with E-state index in [1.165, 1.54) is 4.90 Å². The number of nitrogens with zero attached hydrogens (tertiary/aromatic N) is 2. The van der Waals surface area contributed by atoms with E-state index < -0.39 is 44.4 Å². The minimum absolute atomic E-state index is 0.0442. The van der Waals surface area contributed by atoms with Gasteiger partial charge in [-0.05, 0) is 61.8 Å². The van der Waals surface area contributed by atoms with Crippen LogP contribution in [0.2, 0.25) is 0 Å². The summed E-state index contributed by atoms with van der Waals surface area (Å²) in [6, 6.07) is 2.00. The number of piperazine rings is 1. The third kappa shape index (κ3) is 5.18. The first kappa shape index (κ1) is 23.0. The van der Waals surface area contributed by atoms with Crippen LogP contribution < -0.4 is 0 Å². The van der Waals surface area contributed by atoms with E-state index in [1.54, 1.807) is 27.7 Å². The van der Waals surface area contributed by atoms with Gasteiger partial charge in [-0.15, -0.1) is 0 Å². The lowest BCUT2D eigenvalue weighted by molar-refractivity contribution is -0.137. The van der Waals surface area contributed by atoms with Crippen LogP contribution in [-0.4, -0.2) is 55.0 Å². The Kier molecular flexibility index (Phi) is 6.42. The van der Waals surface area contributed by atoms with Crippen molar-refractivity contribution in [2.24, 2.45) is 0 Å². The van der Waals surface area contributed by atoms with Crippen LogP contribution in [0.3, 0.4) is 0 Å². The molecule has 0 saturated carbocycles. The number of carbonyl (C=O) groups is 1. The quantitative estimate of drug-likeness (QED) is 0.631. The largest absolute Gasteiger partial charge is 0.444 e. The molecular weight excluding hydrogens is 465 g/mol. The van der Waals surface area contributed by atoms with E-state index >= 15 is 0 Å². The number of alkyl halides is 3. The van der Waals surface area contributed by atoms with Gasteiger partial charge in [0.1, 0.15) is 5.60 Å². The fourth-order valence-electron chi connectivity index (χ4n) is 2.75. The number of hydrogen-bond acceptors (Lipinski definition) is 4. The zero-order chi connectivity index (χ0) is 21.5. The second kappa shape index (κ2) is 7.83. The van der Waals surface area contributed by atoms with Crippen LogP contribution in [0.4, 0.5) is 18.0 Å². The Morgan fingerprint density at radius 1 is 1.21 bits per heavy atom. The maximum Gasteiger partial charge on any atom is 0.416 e. The van der Waals surface area contributed by atoms with E-state index in [0.717, 1.165) is 16.4 Å². The van der Waals surface area contributed by atoms with Crippen molar-refractivity contribution in [2.75, 3.05) is 19.6 Å². The summed E-state index contributed by atoms with van der Waals surface area (Å²) < 4.78 is 71.3. The summed E-state index contributed by atoms with van der Waals surface area (Å²) in [7, 11) is -4.18. The summed E-state index contributed by atoms with van der Waals surface area (Å²) in [5, 5.41) is 0. The third-order valence-electron chi connectivity index (χ3n) is 4.09. The van der Waals surface area contributed by atoms with Crippen LogP contribution in [0.1, 0.15) is 33.3 Å². The molecule has 1 aliphatic heterocycles. The predicted octanol–water partition coefficient (Wildman–Crippen LogP) is 4.10. The lowest BCUT2D eigenvalue weighted by Gasteiger charge is -2.39. The summed E-state index contributed by atoms with van der Waals surface area (Å²) in [5.41, 5.74) is -1.74. The fourth-order valence-corrected chi connectivity index (χ4v) is 5.21. The normalized spacial score (nSPS) is 19.6. The summed E-state index contributed by atoms with van der Waals surface area (Å²) in [6.45, 7) is 6.81. The van der Waals surface area contributed by atoms with Gasteiger partial charge in [0, 0.05) is 30.1 Å². The molecular formula is C17H22BrF3N2O4S. The maximum atomic E-state index is 13.0. The van der Waals surface area contributed by atoms with Gasteiger partial charge in [0.25, 0.3) is 0 Å². The molecule has 1 aliphatic rings. The molecule has 1 atom stereocenters. The molecule has 1 aromatic carbocycles. The van der Waals surface area contributed by atoms with Gasteiger partial charge < -0.3 is 9.64 Å².